The van der Waals surface area contributed by atoms with Crippen LogP contribution in [-0.4, -0.2) is 12.3 Å². The lowest BCUT2D eigenvalue weighted by molar-refractivity contribution is 0.891. The summed E-state index contributed by atoms with van der Waals surface area (Å²) in [5.41, 5.74) is 2.88. The second-order valence-corrected chi connectivity index (χ2v) is 19.2. The van der Waals surface area contributed by atoms with Crippen molar-refractivity contribution >= 4 is 35.7 Å². The van der Waals surface area contributed by atoms with Crippen molar-refractivity contribution in [1.29, 1.82) is 0 Å². The molecule has 0 atom stereocenters. The molecule has 6 aromatic rings. The molecule has 0 bridgehead atoms. The third-order valence-corrected chi connectivity index (χ3v) is 18.0. The zero-order chi connectivity index (χ0) is 29.9. The highest BCUT2D eigenvalue weighted by Gasteiger charge is 2.45. The maximum Gasteiger partial charge on any atom is 0.0995 e. The Kier molecular flexibility index (Phi) is 13.1. The monoisotopic (exact) mass is 640 g/mol. The van der Waals surface area contributed by atoms with Gasteiger partial charge in [-0.1, -0.05) is 148 Å². The first-order valence-corrected chi connectivity index (χ1v) is 20.1. The first kappa shape index (κ1) is 35.0. The lowest BCUT2D eigenvalue weighted by Gasteiger charge is -2.30. The van der Waals surface area contributed by atoms with Gasteiger partial charge in [0.1, 0.15) is 0 Å². The summed E-state index contributed by atoms with van der Waals surface area (Å²) in [5, 5.41) is 6.08. The van der Waals surface area contributed by atoms with Crippen LogP contribution in [-0.2, 0) is 12.3 Å². The van der Waals surface area contributed by atoms with Crippen molar-refractivity contribution < 1.29 is 0 Å². The van der Waals surface area contributed by atoms with Crippen LogP contribution in [0.3, 0.4) is 0 Å². The number of rotatable bonds is 13. The summed E-state index contributed by atoms with van der Waals surface area (Å²) in [5.74, 6) is 0. The summed E-state index contributed by atoms with van der Waals surface area (Å²) in [7, 11) is -3.41. The van der Waals surface area contributed by atoms with Gasteiger partial charge in [0, 0.05) is 0 Å². The molecule has 0 fully saturated rings. The van der Waals surface area contributed by atoms with Crippen molar-refractivity contribution in [2.75, 3.05) is 12.3 Å². The van der Waals surface area contributed by atoms with Gasteiger partial charge in [0.15, 0.2) is 0 Å². The van der Waals surface area contributed by atoms with Crippen LogP contribution in [0.2, 0.25) is 0 Å². The molecule has 46 heavy (non-hydrogen) atoms. The van der Waals surface area contributed by atoms with Gasteiger partial charge < -0.3 is 0 Å². The number of unbranched alkanes of at least 4 members (excludes halogenated alkanes) is 1. The molecule has 0 aliphatic heterocycles. The standard InChI is InChI=1S/C42H42P2.2CH4/c1-7-21-37(22-8-1)35-43(39-25-11-3-12-26-39,40-27-13-4-14-28-40)33-19-20-34-44(41-29-15-5-16-30-41,42-31-17-6-18-32-42)36-38-23-9-2-10-24-38;;/h1-18,21-32H,19-20,33-36H2;2*1H4/q+2;;. The average molecular weight is 641 g/mol. The van der Waals surface area contributed by atoms with Gasteiger partial charge >= 0.3 is 0 Å². The molecule has 234 valence electrons. The van der Waals surface area contributed by atoms with Crippen LogP contribution >= 0.6 is 14.5 Å². The van der Waals surface area contributed by atoms with E-state index in [4.69, 9.17) is 0 Å². The van der Waals surface area contributed by atoms with Gasteiger partial charge in [0.2, 0.25) is 0 Å². The third-order valence-electron chi connectivity index (χ3n) is 8.92. The first-order valence-electron chi connectivity index (χ1n) is 15.8. The van der Waals surface area contributed by atoms with E-state index in [2.05, 4.69) is 182 Å². The molecule has 0 unspecified atom stereocenters. The third kappa shape index (κ3) is 8.12. The molecule has 0 saturated heterocycles. The van der Waals surface area contributed by atoms with Crippen LogP contribution in [0.4, 0.5) is 0 Å². The molecule has 6 rings (SSSR count). The molecule has 0 saturated carbocycles. The summed E-state index contributed by atoms with van der Waals surface area (Å²) in [4.78, 5) is 0. The van der Waals surface area contributed by atoms with Crippen LogP contribution in [0.5, 0.6) is 0 Å². The largest absolute Gasteiger partial charge is 0.0995 e. The van der Waals surface area contributed by atoms with E-state index in [-0.39, 0.29) is 14.9 Å². The van der Waals surface area contributed by atoms with Crippen LogP contribution in [0.1, 0.15) is 38.8 Å². The van der Waals surface area contributed by atoms with Gasteiger partial charge in [-0.05, 0) is 72.5 Å². The van der Waals surface area contributed by atoms with Gasteiger partial charge in [0.05, 0.1) is 60.4 Å². The lowest BCUT2D eigenvalue weighted by atomic mass is 10.2. The molecule has 0 radical (unpaired) electrons. The SMILES string of the molecule is C.C.c1ccc(C[P+](CCCC[P+](Cc2ccccc2)(c2ccccc2)c2ccccc2)(c2ccccc2)c2ccccc2)cc1. The summed E-state index contributed by atoms with van der Waals surface area (Å²) < 4.78 is 0. The van der Waals surface area contributed by atoms with E-state index >= 15 is 0 Å². The van der Waals surface area contributed by atoms with Crippen molar-refractivity contribution in [3.05, 3.63) is 193 Å². The van der Waals surface area contributed by atoms with Crippen LogP contribution in [0, 0.1) is 0 Å². The minimum atomic E-state index is -1.70. The molecule has 6 aromatic carbocycles. The van der Waals surface area contributed by atoms with Gasteiger partial charge in [-0.25, -0.2) is 0 Å². The molecule has 0 aliphatic rings. The molecular formula is C44H50P2+2. The van der Waals surface area contributed by atoms with Crippen LogP contribution in [0.15, 0.2) is 182 Å². The fourth-order valence-corrected chi connectivity index (χ4v) is 15.6. The quantitative estimate of drug-likeness (QED) is 0.0870. The maximum absolute atomic E-state index is 2.39. The maximum atomic E-state index is 2.39. The van der Waals surface area contributed by atoms with Crippen molar-refractivity contribution in [2.45, 2.75) is 40.0 Å². The Morgan fingerprint density at radius 2 is 0.500 bits per heavy atom. The van der Waals surface area contributed by atoms with E-state index in [9.17, 15) is 0 Å². The Balaban J connectivity index is 0.00000240. The van der Waals surface area contributed by atoms with Gasteiger partial charge in [0.25, 0.3) is 0 Å². The Morgan fingerprint density at radius 1 is 0.283 bits per heavy atom. The molecule has 0 spiro atoms. The van der Waals surface area contributed by atoms with E-state index < -0.39 is 14.5 Å². The molecule has 0 amide bonds. The molecule has 0 aromatic heterocycles. The van der Waals surface area contributed by atoms with Crippen molar-refractivity contribution in [3.63, 3.8) is 0 Å². The molecule has 0 aliphatic carbocycles. The highest BCUT2D eigenvalue weighted by atomic mass is 31.2. The van der Waals surface area contributed by atoms with E-state index in [0.29, 0.717) is 0 Å². The molecule has 0 heterocycles. The smallest absolute Gasteiger partial charge is 0.0776 e. The number of hydrogen-bond donors (Lipinski definition) is 0. The van der Waals surface area contributed by atoms with Crippen molar-refractivity contribution in [1.82, 2.24) is 0 Å². The average Bonchev–Trinajstić information content (AvgIpc) is 3.11. The Bertz CT molecular complexity index is 1460. The zero-order valence-corrected chi connectivity index (χ0v) is 27.2. The minimum absolute atomic E-state index is 0. The van der Waals surface area contributed by atoms with Gasteiger partial charge in [-0.3, -0.25) is 0 Å². The predicted molar refractivity (Wildman–Crippen MR) is 211 cm³/mol. The van der Waals surface area contributed by atoms with Crippen LogP contribution in [0.25, 0.3) is 0 Å². The molecule has 0 nitrogen and oxygen atoms in total. The highest BCUT2D eigenvalue weighted by molar-refractivity contribution is 7.89. The summed E-state index contributed by atoms with van der Waals surface area (Å²) in [6, 6.07) is 68.0. The topological polar surface area (TPSA) is 0 Å². The summed E-state index contributed by atoms with van der Waals surface area (Å²) >= 11 is 0. The van der Waals surface area contributed by atoms with Gasteiger partial charge in [-0.2, -0.15) is 0 Å². The Hall–Kier alpha value is -3.82. The predicted octanol–water partition coefficient (Wildman–Crippen LogP) is 10.8. The minimum Gasteiger partial charge on any atom is -0.0776 e. The molecule has 2 heteroatoms. The Morgan fingerprint density at radius 3 is 0.739 bits per heavy atom. The Labute approximate surface area is 280 Å². The fourth-order valence-electron chi connectivity index (χ4n) is 6.74. The molecule has 0 N–H and O–H groups in total. The summed E-state index contributed by atoms with van der Waals surface area (Å²) in [6.45, 7) is 0. The highest BCUT2D eigenvalue weighted by Crippen LogP contribution is 2.62. The lowest BCUT2D eigenvalue weighted by Crippen LogP contribution is -2.28. The molecular weight excluding hydrogens is 590 g/mol. The zero-order valence-electron chi connectivity index (χ0n) is 25.5. The number of hydrogen-bond acceptors (Lipinski definition) is 0. The summed E-state index contributed by atoms with van der Waals surface area (Å²) in [6.07, 6.45) is 7.05. The normalized spacial score (nSPS) is 11.2. The fraction of sp³-hybridized carbons (Fsp3) is 0.182. The second kappa shape index (κ2) is 17.2. The first-order chi connectivity index (χ1) is 21.8. The van der Waals surface area contributed by atoms with E-state index in [0.717, 1.165) is 12.3 Å². The second-order valence-electron chi connectivity index (χ2n) is 11.7. The van der Waals surface area contributed by atoms with E-state index in [1.165, 1.54) is 57.5 Å². The van der Waals surface area contributed by atoms with E-state index in [1.54, 1.807) is 0 Å². The van der Waals surface area contributed by atoms with E-state index in [1.807, 2.05) is 0 Å². The van der Waals surface area contributed by atoms with Crippen molar-refractivity contribution in [3.8, 4) is 0 Å². The van der Waals surface area contributed by atoms with Crippen molar-refractivity contribution in [2.24, 2.45) is 0 Å². The van der Waals surface area contributed by atoms with Gasteiger partial charge in [-0.15, -0.1) is 0 Å². The number of benzene rings is 6. The van der Waals surface area contributed by atoms with Crippen LogP contribution < -0.4 is 21.2 Å².